The van der Waals surface area contributed by atoms with Crippen molar-refractivity contribution in [1.82, 2.24) is 0 Å². The smallest absolute Gasteiger partial charge is 0.305 e. The maximum atomic E-state index is 11.1. The molecule has 4 heteroatoms. The zero-order valence-electron chi connectivity index (χ0n) is 10.9. The molecule has 0 aliphatic rings. The van der Waals surface area contributed by atoms with Gasteiger partial charge in [0.1, 0.15) is 6.10 Å². The van der Waals surface area contributed by atoms with E-state index in [0.29, 0.717) is 11.1 Å². The van der Waals surface area contributed by atoms with Gasteiger partial charge in [0.25, 0.3) is 0 Å². The third-order valence-corrected chi connectivity index (χ3v) is 3.36. The molecule has 0 saturated heterocycles. The Morgan fingerprint density at radius 2 is 1.55 bits per heavy atom. The van der Waals surface area contributed by atoms with E-state index in [4.69, 9.17) is 10.8 Å². The van der Waals surface area contributed by atoms with E-state index < -0.39 is 17.6 Å². The highest BCUT2D eigenvalue weighted by Gasteiger charge is 2.38. The summed E-state index contributed by atoms with van der Waals surface area (Å²) in [5.41, 5.74) is 6.09. The average molecular weight is 271 g/mol. The highest BCUT2D eigenvalue weighted by Crippen LogP contribution is 2.35. The standard InChI is InChI=1S/C16H17NO3/c17-16(11-14(18)19,13-9-5-2-6-10-13)15(20)12-7-3-1-4-8-12/h1-10,15,20H,11,17H2,(H,18,19)/t15-,16-/m0/s1. The summed E-state index contributed by atoms with van der Waals surface area (Å²) in [7, 11) is 0. The maximum absolute atomic E-state index is 11.1. The molecule has 0 bridgehead atoms. The minimum atomic E-state index is -1.37. The fourth-order valence-electron chi connectivity index (χ4n) is 2.29. The molecule has 0 heterocycles. The fourth-order valence-corrected chi connectivity index (χ4v) is 2.29. The SMILES string of the molecule is N[C@@](CC(=O)O)(c1ccccc1)[C@@H](O)c1ccccc1. The molecule has 0 fully saturated rings. The van der Waals surface area contributed by atoms with Gasteiger partial charge in [-0.3, -0.25) is 4.79 Å². The van der Waals surface area contributed by atoms with Crippen molar-refractivity contribution in [1.29, 1.82) is 0 Å². The number of aliphatic hydroxyl groups is 1. The van der Waals surface area contributed by atoms with Crippen molar-refractivity contribution >= 4 is 5.97 Å². The first-order valence-electron chi connectivity index (χ1n) is 6.33. The van der Waals surface area contributed by atoms with Crippen molar-refractivity contribution in [2.24, 2.45) is 5.73 Å². The molecule has 0 amide bonds. The number of benzene rings is 2. The van der Waals surface area contributed by atoms with Crippen LogP contribution in [0.3, 0.4) is 0 Å². The second-order valence-corrected chi connectivity index (χ2v) is 4.79. The largest absolute Gasteiger partial charge is 0.481 e. The molecule has 0 saturated carbocycles. The predicted octanol–water partition coefficient (Wildman–Crippen LogP) is 2.05. The zero-order valence-corrected chi connectivity index (χ0v) is 10.9. The predicted molar refractivity (Wildman–Crippen MR) is 76.0 cm³/mol. The second-order valence-electron chi connectivity index (χ2n) is 4.79. The Kier molecular flexibility index (Phi) is 4.17. The van der Waals surface area contributed by atoms with E-state index in [0.717, 1.165) is 0 Å². The lowest BCUT2D eigenvalue weighted by molar-refractivity contribution is -0.140. The first kappa shape index (κ1) is 14.2. The lowest BCUT2D eigenvalue weighted by Gasteiger charge is -2.34. The van der Waals surface area contributed by atoms with Gasteiger partial charge in [0.15, 0.2) is 0 Å². The Morgan fingerprint density at radius 3 is 2.05 bits per heavy atom. The summed E-state index contributed by atoms with van der Waals surface area (Å²) in [4.78, 5) is 11.1. The minimum absolute atomic E-state index is 0.354. The van der Waals surface area contributed by atoms with Crippen LogP contribution in [0.4, 0.5) is 0 Å². The van der Waals surface area contributed by atoms with Crippen LogP contribution in [0.25, 0.3) is 0 Å². The van der Waals surface area contributed by atoms with Crippen LogP contribution in [-0.4, -0.2) is 16.2 Å². The molecule has 0 aliphatic heterocycles. The number of rotatable bonds is 5. The van der Waals surface area contributed by atoms with E-state index >= 15 is 0 Å². The summed E-state index contributed by atoms with van der Waals surface area (Å²) in [6.07, 6.45) is -1.45. The minimum Gasteiger partial charge on any atom is -0.481 e. The van der Waals surface area contributed by atoms with Crippen LogP contribution in [0.1, 0.15) is 23.7 Å². The van der Waals surface area contributed by atoms with Gasteiger partial charge in [-0.05, 0) is 11.1 Å². The molecule has 0 aromatic heterocycles. The van der Waals surface area contributed by atoms with Crippen molar-refractivity contribution < 1.29 is 15.0 Å². The van der Waals surface area contributed by atoms with Gasteiger partial charge < -0.3 is 15.9 Å². The average Bonchev–Trinajstić information content (AvgIpc) is 2.47. The number of carbonyl (C=O) groups is 1. The van der Waals surface area contributed by atoms with Crippen LogP contribution in [-0.2, 0) is 10.3 Å². The van der Waals surface area contributed by atoms with Crippen LogP contribution in [0.5, 0.6) is 0 Å². The van der Waals surface area contributed by atoms with Crippen molar-refractivity contribution in [2.75, 3.05) is 0 Å². The number of hydrogen-bond acceptors (Lipinski definition) is 3. The molecule has 104 valence electrons. The van der Waals surface area contributed by atoms with Crippen LogP contribution in [0, 0.1) is 0 Å². The quantitative estimate of drug-likeness (QED) is 0.777. The molecule has 2 rings (SSSR count). The molecule has 0 unspecified atom stereocenters. The van der Waals surface area contributed by atoms with Gasteiger partial charge in [0, 0.05) is 0 Å². The van der Waals surface area contributed by atoms with Crippen LogP contribution in [0.2, 0.25) is 0 Å². The summed E-state index contributed by atoms with van der Waals surface area (Å²) < 4.78 is 0. The molecular formula is C16H17NO3. The monoisotopic (exact) mass is 271 g/mol. The summed E-state index contributed by atoms with van der Waals surface area (Å²) >= 11 is 0. The normalized spacial score (nSPS) is 15.3. The van der Waals surface area contributed by atoms with Crippen LogP contribution in [0.15, 0.2) is 60.7 Å². The molecular weight excluding hydrogens is 254 g/mol. The number of aliphatic hydroxyl groups excluding tert-OH is 1. The zero-order chi connectivity index (χ0) is 14.6. The molecule has 0 radical (unpaired) electrons. The van der Waals surface area contributed by atoms with Gasteiger partial charge in [-0.15, -0.1) is 0 Å². The van der Waals surface area contributed by atoms with Gasteiger partial charge in [0.2, 0.25) is 0 Å². The lowest BCUT2D eigenvalue weighted by atomic mass is 9.79. The Morgan fingerprint density at radius 1 is 1.05 bits per heavy atom. The van der Waals surface area contributed by atoms with Gasteiger partial charge in [-0.1, -0.05) is 60.7 Å². The first-order chi connectivity index (χ1) is 9.54. The molecule has 4 N–H and O–H groups in total. The molecule has 2 aromatic rings. The van der Waals surface area contributed by atoms with Crippen molar-refractivity contribution in [3.63, 3.8) is 0 Å². The van der Waals surface area contributed by atoms with Gasteiger partial charge >= 0.3 is 5.97 Å². The van der Waals surface area contributed by atoms with Crippen molar-refractivity contribution in [2.45, 2.75) is 18.1 Å². The molecule has 2 atom stereocenters. The van der Waals surface area contributed by atoms with E-state index in [-0.39, 0.29) is 6.42 Å². The number of carboxylic acid groups (broad SMARTS) is 1. The van der Waals surface area contributed by atoms with E-state index in [1.165, 1.54) is 0 Å². The Labute approximate surface area is 117 Å². The third kappa shape index (κ3) is 2.87. The molecule has 0 aliphatic carbocycles. The fraction of sp³-hybridized carbons (Fsp3) is 0.188. The van der Waals surface area contributed by atoms with E-state index in [1.807, 2.05) is 12.1 Å². The van der Waals surface area contributed by atoms with Crippen LogP contribution < -0.4 is 5.73 Å². The van der Waals surface area contributed by atoms with Gasteiger partial charge in [-0.25, -0.2) is 0 Å². The van der Waals surface area contributed by atoms with E-state index in [9.17, 15) is 9.90 Å². The number of carboxylic acids is 1. The Balaban J connectivity index is 2.45. The Hall–Kier alpha value is -2.17. The first-order valence-corrected chi connectivity index (χ1v) is 6.33. The number of aliphatic carboxylic acids is 1. The number of nitrogens with two attached hydrogens (primary N) is 1. The van der Waals surface area contributed by atoms with Crippen molar-refractivity contribution in [3.05, 3.63) is 71.8 Å². The summed E-state index contributed by atoms with van der Waals surface area (Å²) in [5.74, 6) is -1.05. The molecule has 0 spiro atoms. The van der Waals surface area contributed by atoms with Crippen LogP contribution >= 0.6 is 0 Å². The lowest BCUT2D eigenvalue weighted by Crippen LogP contribution is -2.44. The molecule has 2 aromatic carbocycles. The van der Waals surface area contributed by atoms with Gasteiger partial charge in [-0.2, -0.15) is 0 Å². The highest BCUT2D eigenvalue weighted by molar-refractivity contribution is 5.69. The maximum Gasteiger partial charge on any atom is 0.305 e. The Bertz CT molecular complexity index is 571. The molecule has 20 heavy (non-hydrogen) atoms. The summed E-state index contributed by atoms with van der Waals surface area (Å²) in [6.45, 7) is 0. The topological polar surface area (TPSA) is 83.6 Å². The summed E-state index contributed by atoms with van der Waals surface area (Å²) in [5, 5.41) is 19.7. The highest BCUT2D eigenvalue weighted by atomic mass is 16.4. The molecule has 4 nitrogen and oxygen atoms in total. The summed E-state index contributed by atoms with van der Waals surface area (Å²) in [6, 6.07) is 17.7. The van der Waals surface area contributed by atoms with Crippen molar-refractivity contribution in [3.8, 4) is 0 Å². The van der Waals surface area contributed by atoms with E-state index in [1.54, 1.807) is 48.5 Å². The third-order valence-electron chi connectivity index (χ3n) is 3.36. The number of hydrogen-bond donors (Lipinski definition) is 3. The van der Waals surface area contributed by atoms with Gasteiger partial charge in [0.05, 0.1) is 12.0 Å². The second kappa shape index (κ2) is 5.86. The van der Waals surface area contributed by atoms with E-state index in [2.05, 4.69) is 0 Å².